The zero-order valence-electron chi connectivity index (χ0n) is 16.2. The van der Waals surface area contributed by atoms with E-state index in [1.807, 2.05) is 6.07 Å². The highest BCUT2D eigenvalue weighted by molar-refractivity contribution is 6.30. The van der Waals surface area contributed by atoms with Crippen LogP contribution in [0.1, 0.15) is 21.7 Å². The fourth-order valence-corrected chi connectivity index (χ4v) is 2.89. The fraction of sp³-hybridized carbons (Fsp3) is 0.0870. The Kier molecular flexibility index (Phi) is 7.24. The molecule has 7 nitrogen and oxygen atoms in total. The molecule has 158 valence electrons. The second-order valence-electron chi connectivity index (χ2n) is 6.59. The van der Waals surface area contributed by atoms with E-state index >= 15 is 0 Å². The molecule has 3 N–H and O–H groups in total. The molecule has 0 saturated carbocycles. The Labute approximate surface area is 183 Å². The number of benzene rings is 2. The maximum atomic E-state index is 12.9. The van der Waals surface area contributed by atoms with Gasteiger partial charge in [0.25, 0.3) is 11.8 Å². The van der Waals surface area contributed by atoms with Crippen LogP contribution >= 0.6 is 11.6 Å². The molecule has 0 spiro atoms. The number of rotatable bonds is 8. The second-order valence-corrected chi connectivity index (χ2v) is 7.03. The van der Waals surface area contributed by atoms with E-state index in [4.69, 9.17) is 16.0 Å². The molecule has 2 aromatic carbocycles. The van der Waals surface area contributed by atoms with Crippen LogP contribution in [0.5, 0.6) is 0 Å². The van der Waals surface area contributed by atoms with E-state index in [-0.39, 0.29) is 17.9 Å². The lowest BCUT2D eigenvalue weighted by molar-refractivity contribution is -0.141. The quantitative estimate of drug-likeness (QED) is 0.466. The van der Waals surface area contributed by atoms with Crippen LogP contribution in [0.15, 0.2) is 83.1 Å². The van der Waals surface area contributed by atoms with Crippen molar-refractivity contribution in [2.45, 2.75) is 12.5 Å². The zero-order chi connectivity index (χ0) is 22.2. The number of halogens is 1. The van der Waals surface area contributed by atoms with Crippen molar-refractivity contribution in [1.29, 1.82) is 0 Å². The Morgan fingerprint density at radius 1 is 1.00 bits per heavy atom. The van der Waals surface area contributed by atoms with Gasteiger partial charge in [-0.2, -0.15) is 0 Å². The summed E-state index contributed by atoms with van der Waals surface area (Å²) in [4.78, 5) is 37.0. The van der Waals surface area contributed by atoms with Gasteiger partial charge in [0.15, 0.2) is 5.76 Å². The molecule has 0 radical (unpaired) electrons. The van der Waals surface area contributed by atoms with Gasteiger partial charge in [0, 0.05) is 11.4 Å². The summed E-state index contributed by atoms with van der Waals surface area (Å²) in [7, 11) is 0. The van der Waals surface area contributed by atoms with E-state index in [2.05, 4.69) is 10.6 Å². The van der Waals surface area contributed by atoms with E-state index in [1.165, 1.54) is 24.5 Å². The SMILES string of the molecule is O=C(N[C@@H](Cc1ccccc1)C(=O)O)/C(=C\c1ccc(Cl)cc1)NC(=O)c1ccco1. The molecule has 2 amide bonds. The minimum atomic E-state index is -1.19. The summed E-state index contributed by atoms with van der Waals surface area (Å²) in [6.45, 7) is 0. The summed E-state index contributed by atoms with van der Waals surface area (Å²) in [5.74, 6) is -2.58. The maximum Gasteiger partial charge on any atom is 0.326 e. The van der Waals surface area contributed by atoms with E-state index in [9.17, 15) is 19.5 Å². The Morgan fingerprint density at radius 3 is 2.32 bits per heavy atom. The number of aliphatic carboxylic acids is 1. The van der Waals surface area contributed by atoms with Crippen molar-refractivity contribution in [3.8, 4) is 0 Å². The molecule has 0 aliphatic carbocycles. The van der Waals surface area contributed by atoms with Crippen molar-refractivity contribution in [3.63, 3.8) is 0 Å². The molecule has 3 aromatic rings. The monoisotopic (exact) mass is 438 g/mol. The first-order chi connectivity index (χ1) is 14.9. The van der Waals surface area contributed by atoms with Crippen molar-refractivity contribution < 1.29 is 23.9 Å². The predicted octanol–water partition coefficient (Wildman–Crippen LogP) is 3.52. The van der Waals surface area contributed by atoms with Gasteiger partial charge in [-0.05, 0) is 41.5 Å². The molecule has 0 bridgehead atoms. The highest BCUT2D eigenvalue weighted by Gasteiger charge is 2.24. The highest BCUT2D eigenvalue weighted by Crippen LogP contribution is 2.13. The molecule has 8 heteroatoms. The second kappa shape index (κ2) is 10.3. The van der Waals surface area contributed by atoms with E-state index in [0.29, 0.717) is 10.6 Å². The van der Waals surface area contributed by atoms with Crippen molar-refractivity contribution >= 4 is 35.5 Å². The van der Waals surface area contributed by atoms with Crippen LogP contribution in [-0.2, 0) is 16.0 Å². The van der Waals surface area contributed by atoms with Gasteiger partial charge in [0.2, 0.25) is 0 Å². The Bertz CT molecular complexity index is 1080. The summed E-state index contributed by atoms with van der Waals surface area (Å²) >= 11 is 5.90. The summed E-state index contributed by atoms with van der Waals surface area (Å²) in [6, 6.07) is 17.3. The summed E-state index contributed by atoms with van der Waals surface area (Å²) in [5, 5.41) is 15.0. The van der Waals surface area contributed by atoms with Crippen molar-refractivity contribution in [2.75, 3.05) is 0 Å². The average molecular weight is 439 g/mol. The summed E-state index contributed by atoms with van der Waals surface area (Å²) < 4.78 is 5.06. The van der Waals surface area contributed by atoms with Gasteiger partial charge in [0.1, 0.15) is 11.7 Å². The number of nitrogens with one attached hydrogen (secondary N) is 2. The molecule has 3 rings (SSSR count). The first kappa shape index (κ1) is 21.9. The van der Waals surface area contributed by atoms with Gasteiger partial charge in [-0.15, -0.1) is 0 Å². The van der Waals surface area contributed by atoms with Crippen LogP contribution in [-0.4, -0.2) is 28.9 Å². The van der Waals surface area contributed by atoms with E-state index in [1.54, 1.807) is 48.5 Å². The van der Waals surface area contributed by atoms with Crippen LogP contribution in [0.25, 0.3) is 6.08 Å². The van der Waals surface area contributed by atoms with Gasteiger partial charge in [-0.25, -0.2) is 4.79 Å². The van der Waals surface area contributed by atoms with Crippen molar-refractivity contribution in [3.05, 3.63) is 101 Å². The lowest BCUT2D eigenvalue weighted by Crippen LogP contribution is -2.45. The van der Waals surface area contributed by atoms with Crippen molar-refractivity contribution in [1.82, 2.24) is 10.6 Å². The Balaban J connectivity index is 1.83. The van der Waals surface area contributed by atoms with Crippen LogP contribution in [0.3, 0.4) is 0 Å². The topological polar surface area (TPSA) is 109 Å². The number of hydrogen-bond donors (Lipinski definition) is 3. The molecular weight excluding hydrogens is 420 g/mol. The summed E-state index contributed by atoms with van der Waals surface area (Å²) in [5.41, 5.74) is 1.20. The first-order valence-corrected chi connectivity index (χ1v) is 9.70. The van der Waals surface area contributed by atoms with Gasteiger partial charge < -0.3 is 20.2 Å². The maximum absolute atomic E-state index is 12.9. The third-order valence-electron chi connectivity index (χ3n) is 4.30. The molecular formula is C23H19ClN2O5. The molecule has 0 saturated heterocycles. The Morgan fingerprint density at radius 2 is 1.71 bits per heavy atom. The van der Waals surface area contributed by atoms with Gasteiger partial charge in [0.05, 0.1) is 6.26 Å². The molecule has 0 unspecified atom stereocenters. The number of furan rings is 1. The molecule has 1 atom stereocenters. The van der Waals surface area contributed by atoms with Gasteiger partial charge >= 0.3 is 5.97 Å². The number of carboxylic acid groups (broad SMARTS) is 1. The molecule has 0 fully saturated rings. The van der Waals surface area contributed by atoms with Gasteiger partial charge in [-0.3, -0.25) is 9.59 Å². The lowest BCUT2D eigenvalue weighted by Gasteiger charge is -2.16. The van der Waals surface area contributed by atoms with E-state index < -0.39 is 23.8 Å². The van der Waals surface area contributed by atoms with Gasteiger partial charge in [-0.1, -0.05) is 54.1 Å². The van der Waals surface area contributed by atoms with Crippen molar-refractivity contribution in [2.24, 2.45) is 0 Å². The van der Waals surface area contributed by atoms with Crippen LogP contribution in [0, 0.1) is 0 Å². The molecule has 31 heavy (non-hydrogen) atoms. The van der Waals surface area contributed by atoms with Crippen LogP contribution in [0.2, 0.25) is 5.02 Å². The fourth-order valence-electron chi connectivity index (χ4n) is 2.76. The third kappa shape index (κ3) is 6.32. The van der Waals surface area contributed by atoms with E-state index in [0.717, 1.165) is 5.56 Å². The first-order valence-electron chi connectivity index (χ1n) is 9.32. The van der Waals surface area contributed by atoms with Crippen LogP contribution < -0.4 is 10.6 Å². The standard InChI is InChI=1S/C23H19ClN2O5/c24-17-10-8-16(9-11-17)13-18(25-22(28)20-7-4-12-31-20)21(27)26-19(23(29)30)14-15-5-2-1-3-6-15/h1-13,19H,14H2,(H,25,28)(H,26,27)(H,29,30)/b18-13+/t19-/m0/s1. The number of carbonyl (C=O) groups is 3. The lowest BCUT2D eigenvalue weighted by atomic mass is 10.1. The zero-order valence-corrected chi connectivity index (χ0v) is 17.0. The molecule has 1 heterocycles. The molecule has 1 aromatic heterocycles. The number of carboxylic acids is 1. The Hall–Kier alpha value is -3.84. The normalized spacial score (nSPS) is 12.1. The number of hydrogen-bond acceptors (Lipinski definition) is 4. The largest absolute Gasteiger partial charge is 0.480 e. The van der Waals surface area contributed by atoms with Crippen LogP contribution in [0.4, 0.5) is 0 Å². The smallest absolute Gasteiger partial charge is 0.326 e. The highest BCUT2D eigenvalue weighted by atomic mass is 35.5. The molecule has 0 aliphatic heterocycles. The third-order valence-corrected chi connectivity index (χ3v) is 4.56. The minimum absolute atomic E-state index is 0.00822. The number of carbonyl (C=O) groups excluding carboxylic acids is 2. The number of amides is 2. The minimum Gasteiger partial charge on any atom is -0.480 e. The molecule has 0 aliphatic rings. The predicted molar refractivity (Wildman–Crippen MR) is 115 cm³/mol. The average Bonchev–Trinajstić information content (AvgIpc) is 3.30. The summed E-state index contributed by atoms with van der Waals surface area (Å²) in [6.07, 6.45) is 2.84.